The van der Waals surface area contributed by atoms with E-state index in [1.165, 1.54) is 12.3 Å². The number of rotatable bonds is 6. The topological polar surface area (TPSA) is 115 Å². The smallest absolute Gasteiger partial charge is 0.391 e. The number of carbonyl (C=O) groups is 3. The molecule has 3 N–H and O–H groups in total. The number of urea groups is 1. The lowest BCUT2D eigenvalue weighted by molar-refractivity contribution is -0.173. The van der Waals surface area contributed by atoms with Crippen molar-refractivity contribution >= 4 is 17.8 Å². The zero-order chi connectivity index (χ0) is 22.6. The third-order valence-corrected chi connectivity index (χ3v) is 6.54. The van der Waals surface area contributed by atoms with E-state index in [9.17, 15) is 27.6 Å². The fourth-order valence-electron chi connectivity index (χ4n) is 4.82. The van der Waals surface area contributed by atoms with Crippen molar-refractivity contribution in [2.45, 2.75) is 63.4 Å². The second kappa shape index (κ2) is 7.38. The second-order valence-electron chi connectivity index (χ2n) is 8.82. The van der Waals surface area contributed by atoms with Gasteiger partial charge in [-0.3, -0.25) is 14.5 Å². The van der Waals surface area contributed by atoms with Crippen molar-refractivity contribution < 1.29 is 32.3 Å². The van der Waals surface area contributed by atoms with Crippen molar-refractivity contribution in [1.29, 1.82) is 0 Å². The van der Waals surface area contributed by atoms with Crippen molar-refractivity contribution in [3.05, 3.63) is 23.9 Å². The van der Waals surface area contributed by atoms with Gasteiger partial charge in [-0.05, 0) is 49.7 Å². The van der Waals surface area contributed by atoms with Crippen LogP contribution in [0.15, 0.2) is 18.3 Å². The number of nitrogens with two attached hydrogens (primary N) is 1. The van der Waals surface area contributed by atoms with Crippen LogP contribution >= 0.6 is 0 Å². The van der Waals surface area contributed by atoms with E-state index in [0.29, 0.717) is 25.7 Å². The van der Waals surface area contributed by atoms with Crippen LogP contribution in [0.4, 0.5) is 18.0 Å². The molecule has 0 unspecified atom stereocenters. The quantitative estimate of drug-likeness (QED) is 0.660. The monoisotopic (exact) mass is 440 g/mol. The number of amides is 4. The van der Waals surface area contributed by atoms with Crippen LogP contribution in [-0.4, -0.2) is 52.1 Å². The van der Waals surface area contributed by atoms with E-state index >= 15 is 0 Å². The Bertz CT molecular complexity index is 908. The van der Waals surface area contributed by atoms with E-state index in [1.807, 2.05) is 0 Å². The number of hydrogen-bond acceptors (Lipinski definition) is 5. The first-order valence-electron chi connectivity index (χ1n) is 10.1. The van der Waals surface area contributed by atoms with Gasteiger partial charge in [0.15, 0.2) is 0 Å². The Labute approximate surface area is 176 Å². The summed E-state index contributed by atoms with van der Waals surface area (Å²) in [6.07, 6.45) is -1.02. The number of primary amides is 1. The molecule has 1 spiro atoms. The number of nitrogens with zero attached hydrogens (tertiary/aromatic N) is 2. The van der Waals surface area contributed by atoms with Gasteiger partial charge in [0.25, 0.3) is 11.8 Å². The minimum Gasteiger partial charge on any atom is -0.474 e. The normalized spacial score (nSPS) is 31.1. The van der Waals surface area contributed by atoms with Gasteiger partial charge < -0.3 is 15.8 Å². The first kappa shape index (κ1) is 21.4. The number of nitrogens with one attached hydrogen (secondary N) is 1. The number of pyridine rings is 1. The maximum Gasteiger partial charge on any atom is 0.391 e. The number of hydrogen-bond donors (Lipinski definition) is 2. The summed E-state index contributed by atoms with van der Waals surface area (Å²) >= 11 is 0. The first-order chi connectivity index (χ1) is 14.5. The van der Waals surface area contributed by atoms with Gasteiger partial charge in [0, 0.05) is 12.2 Å². The van der Waals surface area contributed by atoms with Gasteiger partial charge >= 0.3 is 12.2 Å². The standard InChI is InChI=1S/C20H23F3N4O4/c1-10(20(21,22)23)5-14-17(29)27(18(30)26-14)11-6-19(7-11)8-12(9-19)31-16-13(15(24)28)3-2-4-25-16/h2-4,10-12,14H,5-9H2,1H3,(H2,24,28)(H,26,30)/t10-,11-,12-,14+,19?/m1/s1. The number of imide groups is 1. The number of carbonyl (C=O) groups excluding carboxylic acids is 3. The van der Waals surface area contributed by atoms with E-state index in [-0.39, 0.29) is 29.0 Å². The van der Waals surface area contributed by atoms with Crippen LogP contribution in [0.5, 0.6) is 5.88 Å². The van der Waals surface area contributed by atoms with Crippen molar-refractivity contribution in [2.24, 2.45) is 17.1 Å². The summed E-state index contributed by atoms with van der Waals surface area (Å²) in [6.45, 7) is 1.00. The molecule has 11 heteroatoms. The molecule has 2 heterocycles. The molecule has 2 atom stereocenters. The van der Waals surface area contributed by atoms with Crippen molar-refractivity contribution in [3.8, 4) is 5.88 Å². The van der Waals surface area contributed by atoms with Gasteiger partial charge in [0.2, 0.25) is 5.88 Å². The number of halogens is 3. The average molecular weight is 440 g/mol. The minimum absolute atomic E-state index is 0.0745. The molecule has 31 heavy (non-hydrogen) atoms. The Kier molecular flexibility index (Phi) is 5.09. The molecule has 2 saturated carbocycles. The van der Waals surface area contributed by atoms with Crippen molar-refractivity contribution in [2.75, 3.05) is 0 Å². The van der Waals surface area contributed by atoms with Crippen LogP contribution in [0, 0.1) is 11.3 Å². The Morgan fingerprint density at radius 2 is 2.03 bits per heavy atom. The molecular weight excluding hydrogens is 417 g/mol. The highest BCUT2D eigenvalue weighted by Gasteiger charge is 2.59. The Hall–Kier alpha value is -2.85. The van der Waals surface area contributed by atoms with E-state index in [2.05, 4.69) is 10.3 Å². The minimum atomic E-state index is -4.41. The predicted molar refractivity (Wildman–Crippen MR) is 101 cm³/mol. The van der Waals surface area contributed by atoms with Crippen molar-refractivity contribution in [1.82, 2.24) is 15.2 Å². The van der Waals surface area contributed by atoms with Gasteiger partial charge in [-0.25, -0.2) is 9.78 Å². The summed E-state index contributed by atoms with van der Waals surface area (Å²) in [5.74, 6) is -2.72. The number of alkyl halides is 3. The molecule has 3 fully saturated rings. The third kappa shape index (κ3) is 3.92. The molecule has 2 aliphatic carbocycles. The first-order valence-corrected chi connectivity index (χ1v) is 10.1. The van der Waals surface area contributed by atoms with Crippen LogP contribution in [0.25, 0.3) is 0 Å². The van der Waals surface area contributed by atoms with Gasteiger partial charge in [0.05, 0.1) is 5.92 Å². The summed E-state index contributed by atoms with van der Waals surface area (Å²) in [4.78, 5) is 41.4. The third-order valence-electron chi connectivity index (χ3n) is 6.54. The Balaban J connectivity index is 1.30. The fraction of sp³-hybridized carbons (Fsp3) is 0.600. The highest BCUT2D eigenvalue weighted by molar-refractivity contribution is 6.04. The lowest BCUT2D eigenvalue weighted by Gasteiger charge is -2.58. The summed E-state index contributed by atoms with van der Waals surface area (Å²) < 4.78 is 44.2. The maximum atomic E-state index is 12.8. The molecule has 4 amide bonds. The Morgan fingerprint density at radius 3 is 2.65 bits per heavy atom. The molecule has 0 bridgehead atoms. The molecule has 0 aromatic carbocycles. The number of aromatic nitrogens is 1. The van der Waals surface area contributed by atoms with E-state index in [1.54, 1.807) is 6.07 Å². The molecule has 168 valence electrons. The van der Waals surface area contributed by atoms with Crippen LogP contribution in [0.3, 0.4) is 0 Å². The molecule has 1 aromatic heterocycles. The molecule has 1 aliphatic heterocycles. The van der Waals surface area contributed by atoms with Gasteiger partial charge in [-0.1, -0.05) is 6.92 Å². The highest BCUT2D eigenvalue weighted by Crippen LogP contribution is 2.58. The van der Waals surface area contributed by atoms with Crippen LogP contribution in [0.2, 0.25) is 0 Å². The maximum absolute atomic E-state index is 12.8. The summed E-state index contributed by atoms with van der Waals surface area (Å²) in [5, 5.41) is 2.39. The SMILES string of the molecule is C[C@H](C[C@@H]1NC(=O)N([C@H]2CC3(C[C@H](Oc4ncccc4C(N)=O)C3)C2)C1=O)C(F)(F)F. The molecule has 0 radical (unpaired) electrons. The summed E-state index contributed by atoms with van der Waals surface area (Å²) in [7, 11) is 0. The largest absolute Gasteiger partial charge is 0.474 e. The van der Waals surface area contributed by atoms with Gasteiger partial charge in [-0.2, -0.15) is 13.2 Å². The molecule has 3 aliphatic rings. The van der Waals surface area contributed by atoms with E-state index < -0.39 is 42.4 Å². The lowest BCUT2D eigenvalue weighted by Crippen LogP contribution is -2.60. The second-order valence-corrected chi connectivity index (χ2v) is 8.82. The molecule has 1 saturated heterocycles. The lowest BCUT2D eigenvalue weighted by atomic mass is 9.52. The molecule has 4 rings (SSSR count). The zero-order valence-corrected chi connectivity index (χ0v) is 16.8. The van der Waals surface area contributed by atoms with Crippen LogP contribution in [-0.2, 0) is 4.79 Å². The highest BCUT2D eigenvalue weighted by atomic mass is 19.4. The van der Waals surface area contributed by atoms with E-state index in [0.717, 1.165) is 11.8 Å². The van der Waals surface area contributed by atoms with Crippen LogP contribution < -0.4 is 15.8 Å². The summed E-state index contributed by atoms with van der Waals surface area (Å²) in [5.41, 5.74) is 5.45. The van der Waals surface area contributed by atoms with Crippen molar-refractivity contribution in [3.63, 3.8) is 0 Å². The van der Waals surface area contributed by atoms with E-state index in [4.69, 9.17) is 10.5 Å². The zero-order valence-electron chi connectivity index (χ0n) is 16.8. The average Bonchev–Trinajstić information content (AvgIpc) is 2.89. The Morgan fingerprint density at radius 1 is 1.35 bits per heavy atom. The molecule has 8 nitrogen and oxygen atoms in total. The fourth-order valence-corrected chi connectivity index (χ4v) is 4.82. The van der Waals surface area contributed by atoms with Gasteiger partial charge in [0.1, 0.15) is 17.7 Å². The van der Waals surface area contributed by atoms with Gasteiger partial charge in [-0.15, -0.1) is 0 Å². The molecular formula is C20H23F3N4O4. The number of ether oxygens (including phenoxy) is 1. The predicted octanol–water partition coefficient (Wildman–Crippen LogP) is 2.38. The van der Waals surface area contributed by atoms with Crippen LogP contribution in [0.1, 0.15) is 49.4 Å². The summed E-state index contributed by atoms with van der Waals surface area (Å²) in [6, 6.07) is 1.03. The molecule has 1 aromatic rings.